The highest BCUT2D eigenvalue weighted by Crippen LogP contribution is 2.23. The fourth-order valence-electron chi connectivity index (χ4n) is 2.11. The van der Waals surface area contributed by atoms with E-state index in [0.29, 0.717) is 24.9 Å². The molecule has 1 fully saturated rings. The largest absolute Gasteiger partial charge is 0.356 e. The molecule has 1 aromatic carbocycles. The van der Waals surface area contributed by atoms with Crippen molar-refractivity contribution >= 4 is 27.5 Å². The van der Waals surface area contributed by atoms with Crippen LogP contribution in [0.4, 0.5) is 0 Å². The molecule has 1 atom stereocenters. The standard InChI is InChI=1S/C13H14ClN3O3S/c14-11-7-9(8-15)1-3-12(11)21(19,20)17-10-2-4-13(18)16-6-5-10/h1,3,7,10,17H,2,4-6H2,(H,16,18). The fraction of sp³-hybridized carbons (Fsp3) is 0.385. The minimum Gasteiger partial charge on any atom is -0.356 e. The predicted molar refractivity (Wildman–Crippen MR) is 77.1 cm³/mol. The number of benzene rings is 1. The molecule has 8 heteroatoms. The van der Waals surface area contributed by atoms with E-state index < -0.39 is 10.0 Å². The first kappa shape index (κ1) is 15.8. The number of nitrogens with zero attached hydrogens (tertiary/aromatic N) is 1. The van der Waals surface area contributed by atoms with Gasteiger partial charge >= 0.3 is 0 Å². The third-order valence-corrected chi connectivity index (χ3v) is 5.21. The van der Waals surface area contributed by atoms with E-state index in [0.717, 1.165) is 0 Å². The van der Waals surface area contributed by atoms with Gasteiger partial charge in [-0.2, -0.15) is 5.26 Å². The third-order valence-electron chi connectivity index (χ3n) is 3.21. The zero-order valence-electron chi connectivity index (χ0n) is 11.1. The van der Waals surface area contributed by atoms with Crippen molar-refractivity contribution in [2.75, 3.05) is 6.54 Å². The van der Waals surface area contributed by atoms with E-state index in [9.17, 15) is 13.2 Å². The molecule has 1 unspecified atom stereocenters. The summed E-state index contributed by atoms with van der Waals surface area (Å²) in [5.74, 6) is -0.0758. The lowest BCUT2D eigenvalue weighted by molar-refractivity contribution is -0.120. The van der Waals surface area contributed by atoms with E-state index in [-0.39, 0.29) is 28.3 Å². The quantitative estimate of drug-likeness (QED) is 0.870. The van der Waals surface area contributed by atoms with E-state index >= 15 is 0 Å². The molecule has 0 spiro atoms. The number of rotatable bonds is 3. The second-order valence-electron chi connectivity index (χ2n) is 4.75. The second kappa shape index (κ2) is 6.43. The molecule has 0 saturated carbocycles. The summed E-state index contributed by atoms with van der Waals surface area (Å²) in [7, 11) is -3.78. The summed E-state index contributed by atoms with van der Waals surface area (Å²) < 4.78 is 27.2. The van der Waals surface area contributed by atoms with Crippen LogP contribution in [0.25, 0.3) is 0 Å². The van der Waals surface area contributed by atoms with Crippen molar-refractivity contribution in [1.82, 2.24) is 10.0 Å². The van der Waals surface area contributed by atoms with Gasteiger partial charge in [0.05, 0.1) is 16.7 Å². The van der Waals surface area contributed by atoms with E-state index in [2.05, 4.69) is 10.0 Å². The van der Waals surface area contributed by atoms with Crippen LogP contribution < -0.4 is 10.0 Å². The van der Waals surface area contributed by atoms with Gasteiger partial charge in [-0.1, -0.05) is 11.6 Å². The van der Waals surface area contributed by atoms with Crippen molar-refractivity contribution in [3.8, 4) is 6.07 Å². The maximum Gasteiger partial charge on any atom is 0.242 e. The van der Waals surface area contributed by atoms with E-state index in [1.54, 1.807) is 0 Å². The minimum atomic E-state index is -3.78. The van der Waals surface area contributed by atoms with Gasteiger partial charge in [-0.3, -0.25) is 4.79 Å². The van der Waals surface area contributed by atoms with E-state index in [1.165, 1.54) is 18.2 Å². The highest BCUT2D eigenvalue weighted by Gasteiger charge is 2.24. The van der Waals surface area contributed by atoms with Gasteiger partial charge in [0.2, 0.25) is 15.9 Å². The van der Waals surface area contributed by atoms with Crippen LogP contribution in [0.5, 0.6) is 0 Å². The molecule has 6 nitrogen and oxygen atoms in total. The minimum absolute atomic E-state index is 0.00405. The smallest absolute Gasteiger partial charge is 0.242 e. The summed E-state index contributed by atoms with van der Waals surface area (Å²) in [6.45, 7) is 0.438. The lowest BCUT2D eigenvalue weighted by Gasteiger charge is -2.16. The molecule has 0 radical (unpaired) electrons. The molecule has 0 bridgehead atoms. The molecule has 1 aliphatic rings. The number of nitriles is 1. The number of hydrogen-bond donors (Lipinski definition) is 2. The van der Waals surface area contributed by atoms with Crippen LogP contribution in [0, 0.1) is 11.3 Å². The Hall–Kier alpha value is -1.62. The van der Waals surface area contributed by atoms with Crippen LogP contribution >= 0.6 is 11.6 Å². The van der Waals surface area contributed by atoms with Gasteiger partial charge in [0.1, 0.15) is 4.90 Å². The zero-order valence-corrected chi connectivity index (χ0v) is 12.7. The predicted octanol–water partition coefficient (Wildman–Crippen LogP) is 1.16. The number of nitrogens with one attached hydrogen (secondary N) is 2. The maximum absolute atomic E-state index is 12.3. The number of carbonyl (C=O) groups excluding carboxylic acids is 1. The van der Waals surface area contributed by atoms with Crippen LogP contribution in [0.15, 0.2) is 23.1 Å². The number of carbonyl (C=O) groups is 1. The summed E-state index contributed by atoms with van der Waals surface area (Å²) in [5.41, 5.74) is 0.295. The van der Waals surface area contributed by atoms with Gasteiger partial charge in [0.25, 0.3) is 0 Å². The molecule has 2 N–H and O–H groups in total. The Bertz CT molecular complexity index is 697. The fourth-order valence-corrected chi connectivity index (χ4v) is 3.96. The van der Waals surface area contributed by atoms with Gasteiger partial charge < -0.3 is 5.32 Å². The van der Waals surface area contributed by atoms with Crippen LogP contribution in [-0.4, -0.2) is 26.9 Å². The lowest BCUT2D eigenvalue weighted by atomic mass is 10.1. The molecule has 1 aromatic rings. The van der Waals surface area contributed by atoms with Gasteiger partial charge in [-0.15, -0.1) is 0 Å². The van der Waals surface area contributed by atoms with Gasteiger partial charge in [-0.25, -0.2) is 13.1 Å². The number of amides is 1. The summed E-state index contributed by atoms with van der Waals surface area (Å²) in [6.07, 6.45) is 1.26. The van der Waals surface area contributed by atoms with Gasteiger partial charge in [0, 0.05) is 19.0 Å². The molecule has 0 aromatic heterocycles. The number of hydrogen-bond acceptors (Lipinski definition) is 4. The topological polar surface area (TPSA) is 99.1 Å². The molecule has 1 aliphatic heterocycles. The molecule has 0 aliphatic carbocycles. The average molecular weight is 328 g/mol. The Morgan fingerprint density at radius 2 is 2.14 bits per heavy atom. The zero-order chi connectivity index (χ0) is 15.5. The average Bonchev–Trinajstić information content (AvgIpc) is 2.62. The normalized spacial score (nSPS) is 19.4. The van der Waals surface area contributed by atoms with Crippen LogP contribution in [-0.2, 0) is 14.8 Å². The molecule has 2 rings (SSSR count). The van der Waals surface area contributed by atoms with Gasteiger partial charge in [0.15, 0.2) is 0 Å². The molecular formula is C13H14ClN3O3S. The molecule has 21 heavy (non-hydrogen) atoms. The Morgan fingerprint density at radius 3 is 2.81 bits per heavy atom. The van der Waals surface area contributed by atoms with E-state index in [1.807, 2.05) is 6.07 Å². The first-order chi connectivity index (χ1) is 9.92. The Kier molecular flexibility index (Phi) is 4.83. The third kappa shape index (κ3) is 3.94. The molecule has 1 saturated heterocycles. The van der Waals surface area contributed by atoms with Crippen molar-refractivity contribution in [3.63, 3.8) is 0 Å². The van der Waals surface area contributed by atoms with Gasteiger partial charge in [-0.05, 0) is 31.0 Å². The first-order valence-corrected chi connectivity index (χ1v) is 8.27. The monoisotopic (exact) mass is 327 g/mol. The van der Waals surface area contributed by atoms with Crippen LogP contribution in [0.2, 0.25) is 5.02 Å². The Morgan fingerprint density at radius 1 is 1.38 bits per heavy atom. The Labute approximate surface area is 128 Å². The summed E-state index contributed by atoms with van der Waals surface area (Å²) in [5, 5.41) is 11.5. The molecule has 1 heterocycles. The molecular weight excluding hydrogens is 314 g/mol. The SMILES string of the molecule is N#Cc1ccc(S(=O)(=O)NC2CCNC(=O)CC2)c(Cl)c1. The summed E-state index contributed by atoms with van der Waals surface area (Å²) in [4.78, 5) is 11.2. The van der Waals surface area contributed by atoms with Crippen molar-refractivity contribution in [2.45, 2.75) is 30.2 Å². The summed E-state index contributed by atoms with van der Waals surface area (Å²) in [6, 6.07) is 5.60. The van der Waals surface area contributed by atoms with Crippen LogP contribution in [0.1, 0.15) is 24.8 Å². The lowest BCUT2D eigenvalue weighted by Crippen LogP contribution is -2.35. The molecule has 1 amide bonds. The first-order valence-electron chi connectivity index (χ1n) is 6.41. The second-order valence-corrected chi connectivity index (χ2v) is 6.84. The highest BCUT2D eigenvalue weighted by molar-refractivity contribution is 7.89. The van der Waals surface area contributed by atoms with Crippen molar-refractivity contribution in [1.29, 1.82) is 5.26 Å². The van der Waals surface area contributed by atoms with Crippen molar-refractivity contribution in [3.05, 3.63) is 28.8 Å². The van der Waals surface area contributed by atoms with Crippen molar-refractivity contribution < 1.29 is 13.2 Å². The maximum atomic E-state index is 12.3. The van der Waals surface area contributed by atoms with E-state index in [4.69, 9.17) is 16.9 Å². The highest BCUT2D eigenvalue weighted by atomic mass is 35.5. The van der Waals surface area contributed by atoms with Crippen molar-refractivity contribution in [2.24, 2.45) is 0 Å². The molecule has 112 valence electrons. The number of halogens is 1. The van der Waals surface area contributed by atoms with Crippen LogP contribution in [0.3, 0.4) is 0 Å². The number of sulfonamides is 1. The summed E-state index contributed by atoms with van der Waals surface area (Å²) >= 11 is 5.93. The Balaban J connectivity index is 2.18.